The van der Waals surface area contributed by atoms with E-state index in [0.717, 1.165) is 17.2 Å². The number of hydrogen-bond donors (Lipinski definition) is 0. The first-order valence-corrected chi connectivity index (χ1v) is 7.75. The summed E-state index contributed by atoms with van der Waals surface area (Å²) in [6, 6.07) is 7.71. The lowest BCUT2D eigenvalue weighted by atomic mass is 10.0. The van der Waals surface area contributed by atoms with Crippen molar-refractivity contribution < 1.29 is 23.7 Å². The Balaban J connectivity index is 2.70. The molecule has 0 saturated carbocycles. The summed E-state index contributed by atoms with van der Waals surface area (Å²) in [7, 11) is 1.27. The summed E-state index contributed by atoms with van der Waals surface area (Å²) in [5.41, 5.74) is 1.17. The summed E-state index contributed by atoms with van der Waals surface area (Å²) < 4.78 is 21.3. The minimum Gasteiger partial charge on any atom is -0.493 e. The molecule has 0 spiro atoms. The Morgan fingerprint density at radius 1 is 0.957 bits per heavy atom. The summed E-state index contributed by atoms with van der Waals surface area (Å²) in [4.78, 5) is 11.6. The van der Waals surface area contributed by atoms with Gasteiger partial charge in [0.2, 0.25) is 0 Å². The number of methoxy groups -OCH3 is 1. The van der Waals surface area contributed by atoms with Crippen molar-refractivity contribution >= 4 is 16.9 Å². The molecule has 124 valence electrons. The fourth-order valence-corrected chi connectivity index (χ4v) is 2.38. The van der Waals surface area contributed by atoms with Crippen LogP contribution in [0, 0.1) is 0 Å². The normalized spacial score (nSPS) is 10.4. The van der Waals surface area contributed by atoms with Crippen molar-refractivity contribution in [2.75, 3.05) is 20.3 Å². The van der Waals surface area contributed by atoms with E-state index in [2.05, 4.69) is 11.7 Å². The lowest BCUT2D eigenvalue weighted by Crippen LogP contribution is -2.09. The number of carbonyl (C=O) groups excluding carboxylic acids is 1. The zero-order valence-electron chi connectivity index (χ0n) is 14.0. The third kappa shape index (κ3) is 3.67. The van der Waals surface area contributed by atoms with Crippen LogP contribution < -0.4 is 14.2 Å². The second kappa shape index (κ2) is 7.72. The van der Waals surface area contributed by atoms with Crippen LogP contribution in [0.4, 0.5) is 4.79 Å². The number of rotatable bonds is 6. The van der Waals surface area contributed by atoms with E-state index in [9.17, 15) is 4.79 Å². The average Bonchev–Trinajstić information content (AvgIpc) is 2.57. The molecule has 0 heterocycles. The maximum Gasteiger partial charge on any atom is 0.513 e. The number of benzene rings is 2. The Labute approximate surface area is 136 Å². The molecule has 0 aliphatic rings. The molecule has 0 aliphatic carbocycles. The van der Waals surface area contributed by atoms with Crippen molar-refractivity contribution in [1.82, 2.24) is 0 Å². The van der Waals surface area contributed by atoms with E-state index in [0.29, 0.717) is 30.5 Å². The smallest absolute Gasteiger partial charge is 0.493 e. The third-order valence-corrected chi connectivity index (χ3v) is 3.44. The fraction of sp³-hybridized carbons (Fsp3) is 0.389. The van der Waals surface area contributed by atoms with Gasteiger partial charge >= 0.3 is 6.16 Å². The molecule has 0 radical (unpaired) electrons. The number of hydrogen-bond acceptors (Lipinski definition) is 5. The zero-order chi connectivity index (χ0) is 16.8. The van der Waals surface area contributed by atoms with Gasteiger partial charge in [-0.3, -0.25) is 0 Å². The molecule has 5 heteroatoms. The molecule has 0 aliphatic heterocycles. The van der Waals surface area contributed by atoms with Gasteiger partial charge in [-0.15, -0.1) is 0 Å². The molecule has 0 bridgehead atoms. The monoisotopic (exact) mass is 318 g/mol. The average molecular weight is 318 g/mol. The largest absolute Gasteiger partial charge is 0.513 e. The topological polar surface area (TPSA) is 54.0 Å². The lowest BCUT2D eigenvalue weighted by Gasteiger charge is -2.16. The Morgan fingerprint density at radius 2 is 1.65 bits per heavy atom. The standard InChI is InChI=1S/C18H22O5/c1-5-12-8-9-13-14(10-12)15(21-6-2)11-16(22-7-3)17(13)23-18(19)20-4/h8-11H,5-7H2,1-4H3. The minimum atomic E-state index is -0.781. The van der Waals surface area contributed by atoms with Gasteiger partial charge in [-0.05, 0) is 31.9 Å². The van der Waals surface area contributed by atoms with Gasteiger partial charge in [0.15, 0.2) is 11.5 Å². The van der Waals surface area contributed by atoms with Crippen LogP contribution in [-0.4, -0.2) is 26.5 Å². The molecular weight excluding hydrogens is 296 g/mol. The summed E-state index contributed by atoms with van der Waals surface area (Å²) in [5.74, 6) is 1.51. The predicted molar refractivity (Wildman–Crippen MR) is 88.7 cm³/mol. The van der Waals surface area contributed by atoms with Crippen LogP contribution in [0.25, 0.3) is 10.8 Å². The van der Waals surface area contributed by atoms with Gasteiger partial charge < -0.3 is 18.9 Å². The number of fused-ring (bicyclic) bond motifs is 1. The Bertz CT molecular complexity index is 693. The molecular formula is C18H22O5. The van der Waals surface area contributed by atoms with E-state index in [-0.39, 0.29) is 0 Å². The molecule has 2 aromatic rings. The highest BCUT2D eigenvalue weighted by molar-refractivity contribution is 5.97. The molecule has 0 unspecified atom stereocenters. The lowest BCUT2D eigenvalue weighted by molar-refractivity contribution is 0.120. The van der Waals surface area contributed by atoms with E-state index in [4.69, 9.17) is 14.2 Å². The molecule has 0 N–H and O–H groups in total. The molecule has 0 fully saturated rings. The molecule has 2 aromatic carbocycles. The molecule has 0 atom stereocenters. The van der Waals surface area contributed by atoms with Crippen molar-refractivity contribution in [3.63, 3.8) is 0 Å². The molecule has 0 amide bonds. The predicted octanol–water partition coefficient (Wildman–Crippen LogP) is 4.34. The highest BCUT2D eigenvalue weighted by Crippen LogP contribution is 2.42. The SMILES string of the molecule is CCOc1cc(OCC)c2cc(CC)ccc2c1OC(=O)OC. The highest BCUT2D eigenvalue weighted by atomic mass is 16.7. The van der Waals surface area contributed by atoms with Crippen LogP contribution in [0.5, 0.6) is 17.2 Å². The molecule has 2 rings (SSSR count). The van der Waals surface area contributed by atoms with Gasteiger partial charge in [-0.1, -0.05) is 19.1 Å². The zero-order valence-corrected chi connectivity index (χ0v) is 14.0. The maximum atomic E-state index is 11.6. The maximum absolute atomic E-state index is 11.6. The second-order valence-corrected chi connectivity index (χ2v) is 4.86. The summed E-state index contributed by atoms with van der Waals surface area (Å²) in [5, 5.41) is 1.63. The Kier molecular flexibility index (Phi) is 5.68. The third-order valence-electron chi connectivity index (χ3n) is 3.44. The first-order valence-electron chi connectivity index (χ1n) is 7.75. The molecule has 0 aromatic heterocycles. The molecule has 23 heavy (non-hydrogen) atoms. The quantitative estimate of drug-likeness (QED) is 0.585. The van der Waals surface area contributed by atoms with Crippen molar-refractivity contribution in [1.29, 1.82) is 0 Å². The van der Waals surface area contributed by atoms with Crippen LogP contribution in [0.15, 0.2) is 24.3 Å². The number of ether oxygens (including phenoxy) is 4. The van der Waals surface area contributed by atoms with E-state index >= 15 is 0 Å². The Hall–Kier alpha value is -2.43. The van der Waals surface area contributed by atoms with Crippen LogP contribution in [0.2, 0.25) is 0 Å². The van der Waals surface area contributed by atoms with Gasteiger partial charge in [0.05, 0.1) is 20.3 Å². The molecule has 0 saturated heterocycles. The van der Waals surface area contributed by atoms with Crippen LogP contribution in [0.1, 0.15) is 26.3 Å². The van der Waals surface area contributed by atoms with Gasteiger partial charge in [-0.25, -0.2) is 4.79 Å². The summed E-state index contributed by atoms with van der Waals surface area (Å²) in [6.45, 7) is 6.86. The number of carbonyl (C=O) groups is 1. The van der Waals surface area contributed by atoms with E-state index in [1.165, 1.54) is 12.7 Å². The van der Waals surface area contributed by atoms with Crippen molar-refractivity contribution in [2.45, 2.75) is 27.2 Å². The van der Waals surface area contributed by atoms with Crippen molar-refractivity contribution in [3.05, 3.63) is 29.8 Å². The van der Waals surface area contributed by atoms with Crippen LogP contribution in [0.3, 0.4) is 0 Å². The van der Waals surface area contributed by atoms with Gasteiger partial charge in [0.25, 0.3) is 0 Å². The minimum absolute atomic E-state index is 0.347. The van der Waals surface area contributed by atoms with Crippen LogP contribution in [-0.2, 0) is 11.2 Å². The van der Waals surface area contributed by atoms with Crippen molar-refractivity contribution in [2.24, 2.45) is 0 Å². The van der Waals surface area contributed by atoms with Crippen LogP contribution >= 0.6 is 0 Å². The number of aryl methyl sites for hydroxylation is 1. The van der Waals surface area contributed by atoms with Gasteiger partial charge in [0, 0.05) is 16.8 Å². The summed E-state index contributed by atoms with van der Waals surface area (Å²) in [6.07, 6.45) is 0.123. The second-order valence-electron chi connectivity index (χ2n) is 4.86. The van der Waals surface area contributed by atoms with E-state index < -0.39 is 6.16 Å². The fourth-order valence-electron chi connectivity index (χ4n) is 2.38. The van der Waals surface area contributed by atoms with E-state index in [1.54, 1.807) is 6.07 Å². The first-order chi connectivity index (χ1) is 11.1. The van der Waals surface area contributed by atoms with Gasteiger partial charge in [-0.2, -0.15) is 0 Å². The van der Waals surface area contributed by atoms with Gasteiger partial charge in [0.1, 0.15) is 5.75 Å². The Morgan fingerprint density at radius 3 is 2.26 bits per heavy atom. The highest BCUT2D eigenvalue weighted by Gasteiger charge is 2.19. The van der Waals surface area contributed by atoms with E-state index in [1.807, 2.05) is 32.0 Å². The van der Waals surface area contributed by atoms with Crippen molar-refractivity contribution in [3.8, 4) is 17.2 Å². The summed E-state index contributed by atoms with van der Waals surface area (Å²) >= 11 is 0. The molecule has 5 nitrogen and oxygen atoms in total. The first kappa shape index (κ1) is 16.9.